The van der Waals surface area contributed by atoms with Gasteiger partial charge in [0.15, 0.2) is 0 Å². The van der Waals surface area contributed by atoms with E-state index in [2.05, 4.69) is 6.92 Å². The molecule has 0 spiro atoms. The molecule has 0 aliphatic rings. The third-order valence-electron chi connectivity index (χ3n) is 2.22. The fourth-order valence-corrected chi connectivity index (χ4v) is 1.82. The van der Waals surface area contributed by atoms with Crippen LogP contribution in [0.4, 0.5) is 0 Å². The molecule has 2 heteroatoms. The molecule has 15 heavy (non-hydrogen) atoms. The van der Waals surface area contributed by atoms with E-state index in [1.165, 1.54) is 0 Å². The Morgan fingerprint density at radius 1 is 0.867 bits per heavy atom. The van der Waals surface area contributed by atoms with Gasteiger partial charge in [-0.2, -0.15) is 0 Å². The van der Waals surface area contributed by atoms with Crippen molar-refractivity contribution >= 4 is 23.2 Å². The molecule has 0 bridgehead atoms. The monoisotopic (exact) mass is 235 g/mol. The van der Waals surface area contributed by atoms with Crippen LogP contribution >= 0.6 is 23.2 Å². The molecule has 0 amide bonds. The highest BCUT2D eigenvalue weighted by Gasteiger charge is 2.05. The fraction of sp³-hybridized carbons (Fsp3) is 0. The smallest absolute Gasteiger partial charge is 0.0670 e. The maximum atomic E-state index is 6.12. The molecule has 0 atom stereocenters. The number of hydrogen-bond donors (Lipinski definition) is 0. The van der Waals surface area contributed by atoms with E-state index in [-0.39, 0.29) is 0 Å². The third kappa shape index (κ3) is 2.17. The summed E-state index contributed by atoms with van der Waals surface area (Å²) in [5.41, 5.74) is 2.98. The molecule has 0 unspecified atom stereocenters. The number of benzene rings is 2. The molecule has 2 rings (SSSR count). The lowest BCUT2D eigenvalue weighted by molar-refractivity contribution is 1.57. The highest BCUT2D eigenvalue weighted by atomic mass is 35.5. The van der Waals surface area contributed by atoms with Crippen molar-refractivity contribution < 1.29 is 0 Å². The van der Waals surface area contributed by atoms with Gasteiger partial charge >= 0.3 is 0 Å². The van der Waals surface area contributed by atoms with Crippen molar-refractivity contribution in [2.75, 3.05) is 0 Å². The second kappa shape index (κ2) is 4.26. The van der Waals surface area contributed by atoms with Gasteiger partial charge in [0.1, 0.15) is 0 Å². The van der Waals surface area contributed by atoms with Crippen LogP contribution < -0.4 is 0 Å². The van der Waals surface area contributed by atoms with Crippen LogP contribution in [0.25, 0.3) is 11.1 Å². The molecule has 0 fully saturated rings. The highest BCUT2D eigenvalue weighted by Crippen LogP contribution is 2.33. The van der Waals surface area contributed by atoms with Crippen LogP contribution in [0.5, 0.6) is 0 Å². The van der Waals surface area contributed by atoms with Crippen LogP contribution in [0.3, 0.4) is 0 Å². The Bertz CT molecular complexity index is 472. The lowest BCUT2D eigenvalue weighted by atomic mass is 10.0. The van der Waals surface area contributed by atoms with Crippen LogP contribution in [-0.4, -0.2) is 0 Å². The van der Waals surface area contributed by atoms with Crippen molar-refractivity contribution in [3.63, 3.8) is 0 Å². The number of rotatable bonds is 1. The first-order chi connectivity index (χ1) is 7.18. The fourth-order valence-electron chi connectivity index (χ4n) is 1.41. The zero-order valence-electron chi connectivity index (χ0n) is 8.00. The zero-order valence-corrected chi connectivity index (χ0v) is 9.52. The largest absolute Gasteiger partial charge is 0.0827 e. The van der Waals surface area contributed by atoms with Gasteiger partial charge in [-0.1, -0.05) is 59.6 Å². The molecule has 0 saturated carbocycles. The molecular weight excluding hydrogens is 227 g/mol. The SMILES string of the molecule is [CH2]c1ccc(-c2cccc(Cl)c2Cl)cc1. The Labute approximate surface area is 99.5 Å². The molecule has 1 radical (unpaired) electrons. The normalized spacial score (nSPS) is 10.3. The Kier molecular flexibility index (Phi) is 2.99. The van der Waals surface area contributed by atoms with Crippen LogP contribution in [0.15, 0.2) is 42.5 Å². The molecule has 0 nitrogen and oxygen atoms in total. The molecule has 2 aromatic rings. The molecule has 0 saturated heterocycles. The van der Waals surface area contributed by atoms with Crippen molar-refractivity contribution in [2.24, 2.45) is 0 Å². The maximum Gasteiger partial charge on any atom is 0.0670 e. The summed E-state index contributed by atoms with van der Waals surface area (Å²) in [4.78, 5) is 0. The molecule has 0 heterocycles. The second-order valence-corrected chi connectivity index (χ2v) is 4.08. The van der Waals surface area contributed by atoms with Gasteiger partial charge in [0, 0.05) is 5.56 Å². The van der Waals surface area contributed by atoms with Gasteiger partial charge in [-0.15, -0.1) is 0 Å². The molecule has 2 aromatic carbocycles. The number of hydrogen-bond acceptors (Lipinski definition) is 0. The summed E-state index contributed by atoms with van der Waals surface area (Å²) < 4.78 is 0. The lowest BCUT2D eigenvalue weighted by Crippen LogP contribution is -1.80. The first-order valence-corrected chi connectivity index (χ1v) is 5.30. The average Bonchev–Trinajstić information content (AvgIpc) is 2.24. The molecule has 0 aliphatic carbocycles. The van der Waals surface area contributed by atoms with Crippen LogP contribution in [0, 0.1) is 6.92 Å². The summed E-state index contributed by atoms with van der Waals surface area (Å²) in [6, 6.07) is 13.5. The summed E-state index contributed by atoms with van der Waals surface area (Å²) in [5.74, 6) is 0. The highest BCUT2D eigenvalue weighted by molar-refractivity contribution is 6.43. The van der Waals surface area contributed by atoms with Crippen LogP contribution in [0.1, 0.15) is 5.56 Å². The van der Waals surface area contributed by atoms with Gasteiger partial charge in [-0.25, -0.2) is 0 Å². The van der Waals surface area contributed by atoms with E-state index >= 15 is 0 Å². The van der Waals surface area contributed by atoms with Gasteiger partial charge in [0.25, 0.3) is 0 Å². The van der Waals surface area contributed by atoms with E-state index in [9.17, 15) is 0 Å². The minimum absolute atomic E-state index is 0.577. The van der Waals surface area contributed by atoms with Crippen LogP contribution in [0.2, 0.25) is 10.0 Å². The Hall–Kier alpha value is -0.980. The topological polar surface area (TPSA) is 0 Å². The molecule has 75 valence electrons. The summed E-state index contributed by atoms with van der Waals surface area (Å²) >= 11 is 12.1. The molecule has 0 N–H and O–H groups in total. The van der Waals surface area contributed by atoms with Gasteiger partial charge in [0.2, 0.25) is 0 Å². The Morgan fingerprint density at radius 2 is 1.53 bits per heavy atom. The molecule has 0 aliphatic heterocycles. The van der Waals surface area contributed by atoms with Gasteiger partial charge < -0.3 is 0 Å². The van der Waals surface area contributed by atoms with E-state index < -0.39 is 0 Å². The summed E-state index contributed by atoms with van der Waals surface area (Å²) in [6.45, 7) is 3.84. The van der Waals surface area contributed by atoms with Gasteiger partial charge in [0.05, 0.1) is 10.0 Å². The van der Waals surface area contributed by atoms with E-state index in [1.54, 1.807) is 6.07 Å². The third-order valence-corrected chi connectivity index (χ3v) is 3.04. The Balaban J connectivity index is 2.54. The minimum Gasteiger partial charge on any atom is -0.0827 e. The predicted octanol–water partition coefficient (Wildman–Crippen LogP) is 4.84. The van der Waals surface area contributed by atoms with E-state index in [0.29, 0.717) is 10.0 Å². The lowest BCUT2D eigenvalue weighted by Gasteiger charge is -2.05. The average molecular weight is 236 g/mol. The Morgan fingerprint density at radius 3 is 2.20 bits per heavy atom. The van der Waals surface area contributed by atoms with Crippen molar-refractivity contribution in [1.82, 2.24) is 0 Å². The second-order valence-electron chi connectivity index (χ2n) is 3.30. The number of halogens is 2. The zero-order chi connectivity index (χ0) is 10.8. The van der Waals surface area contributed by atoms with Crippen molar-refractivity contribution in [3.8, 4) is 11.1 Å². The van der Waals surface area contributed by atoms with Crippen molar-refractivity contribution in [1.29, 1.82) is 0 Å². The van der Waals surface area contributed by atoms with Gasteiger partial charge in [-0.05, 0) is 24.1 Å². The molecule has 0 aromatic heterocycles. The maximum absolute atomic E-state index is 6.12. The van der Waals surface area contributed by atoms with E-state index in [0.717, 1.165) is 16.7 Å². The van der Waals surface area contributed by atoms with E-state index in [1.807, 2.05) is 36.4 Å². The van der Waals surface area contributed by atoms with E-state index in [4.69, 9.17) is 23.2 Å². The minimum atomic E-state index is 0.577. The summed E-state index contributed by atoms with van der Waals surface area (Å²) in [7, 11) is 0. The summed E-state index contributed by atoms with van der Waals surface area (Å²) in [6.07, 6.45) is 0. The molecular formula is C13H9Cl2. The first kappa shape index (κ1) is 10.5. The quantitative estimate of drug-likeness (QED) is 0.664. The van der Waals surface area contributed by atoms with Crippen LogP contribution in [-0.2, 0) is 0 Å². The van der Waals surface area contributed by atoms with Crippen molar-refractivity contribution in [3.05, 3.63) is 65.0 Å². The van der Waals surface area contributed by atoms with Gasteiger partial charge in [-0.3, -0.25) is 0 Å². The van der Waals surface area contributed by atoms with Crippen molar-refractivity contribution in [2.45, 2.75) is 0 Å². The standard InChI is InChI=1S/C13H9Cl2/c1-9-5-7-10(8-6-9)11-3-2-4-12(14)13(11)15/h2-8H,1H2. The predicted molar refractivity (Wildman–Crippen MR) is 66.4 cm³/mol. The summed E-state index contributed by atoms with van der Waals surface area (Å²) in [5, 5.41) is 1.17. The first-order valence-electron chi connectivity index (χ1n) is 4.55.